The highest BCUT2D eigenvalue weighted by atomic mass is 15.1. The van der Waals surface area contributed by atoms with Gasteiger partial charge in [0, 0.05) is 24.8 Å². The lowest BCUT2D eigenvalue weighted by Crippen LogP contribution is -2.33. The highest BCUT2D eigenvalue weighted by molar-refractivity contribution is 5.48. The molecule has 0 saturated carbocycles. The molecule has 2 N–H and O–H groups in total. The molecule has 0 fully saturated rings. The molecule has 0 spiro atoms. The van der Waals surface area contributed by atoms with Gasteiger partial charge in [0.15, 0.2) is 0 Å². The number of anilines is 1. The maximum absolute atomic E-state index is 6.24. The number of hydrogen-bond donors (Lipinski definition) is 1. The quantitative estimate of drug-likeness (QED) is 0.840. The van der Waals surface area contributed by atoms with E-state index >= 15 is 0 Å². The Kier molecular flexibility index (Phi) is 5.86. The molecule has 1 aromatic rings. The molecule has 0 amide bonds. The van der Waals surface area contributed by atoms with Crippen molar-refractivity contribution in [1.82, 2.24) is 0 Å². The van der Waals surface area contributed by atoms with E-state index in [0.717, 1.165) is 25.9 Å². The molecule has 0 heterocycles. The second-order valence-electron chi connectivity index (χ2n) is 6.73. The Labute approximate surface area is 119 Å². The van der Waals surface area contributed by atoms with Gasteiger partial charge in [0.25, 0.3) is 0 Å². The van der Waals surface area contributed by atoms with Gasteiger partial charge >= 0.3 is 0 Å². The molecule has 0 aliphatic rings. The third kappa shape index (κ3) is 6.11. The van der Waals surface area contributed by atoms with E-state index in [9.17, 15) is 0 Å². The normalized spacial score (nSPS) is 13.4. The van der Waals surface area contributed by atoms with Crippen molar-refractivity contribution in [3.8, 4) is 0 Å². The lowest BCUT2D eigenvalue weighted by atomic mass is 9.87. The molecular weight excluding hydrogens is 232 g/mol. The van der Waals surface area contributed by atoms with Crippen molar-refractivity contribution in [2.24, 2.45) is 11.1 Å². The highest BCUT2D eigenvalue weighted by Gasteiger charge is 2.16. The number of nitrogens with two attached hydrogens (primary N) is 1. The summed E-state index contributed by atoms with van der Waals surface area (Å²) in [6, 6.07) is 8.99. The first-order valence-corrected chi connectivity index (χ1v) is 7.39. The smallest absolute Gasteiger partial charge is 0.0368 e. The Morgan fingerprint density at radius 1 is 1.26 bits per heavy atom. The lowest BCUT2D eigenvalue weighted by Gasteiger charge is -2.27. The van der Waals surface area contributed by atoms with E-state index < -0.39 is 0 Å². The third-order valence-electron chi connectivity index (χ3n) is 3.39. The van der Waals surface area contributed by atoms with Gasteiger partial charge in [-0.15, -0.1) is 0 Å². The minimum Gasteiger partial charge on any atom is -0.372 e. The van der Waals surface area contributed by atoms with E-state index in [0.29, 0.717) is 11.5 Å². The minimum atomic E-state index is 0.291. The zero-order valence-corrected chi connectivity index (χ0v) is 13.2. The fourth-order valence-electron chi connectivity index (χ4n) is 2.50. The average Bonchev–Trinajstić information content (AvgIpc) is 2.27. The fourth-order valence-corrected chi connectivity index (χ4v) is 2.50. The van der Waals surface area contributed by atoms with Crippen LogP contribution in [0.25, 0.3) is 0 Å². The van der Waals surface area contributed by atoms with E-state index in [1.807, 2.05) is 0 Å². The summed E-state index contributed by atoms with van der Waals surface area (Å²) in [6.45, 7) is 13.2. The molecule has 1 aromatic carbocycles. The first kappa shape index (κ1) is 16.0. The van der Waals surface area contributed by atoms with Crippen LogP contribution in [0.2, 0.25) is 0 Å². The monoisotopic (exact) mass is 262 g/mol. The van der Waals surface area contributed by atoms with Crippen LogP contribution in [0.1, 0.15) is 46.1 Å². The maximum Gasteiger partial charge on any atom is 0.0368 e. The SMILES string of the molecule is CCN(CCC(N)CC(C)(C)C)c1cccc(C)c1. The molecule has 0 bridgehead atoms. The zero-order chi connectivity index (χ0) is 14.5. The van der Waals surface area contributed by atoms with Gasteiger partial charge in [-0.3, -0.25) is 0 Å². The van der Waals surface area contributed by atoms with Crippen LogP contribution in [0, 0.1) is 12.3 Å². The summed E-state index contributed by atoms with van der Waals surface area (Å²) in [5, 5.41) is 0. The van der Waals surface area contributed by atoms with Gasteiger partial charge in [0.2, 0.25) is 0 Å². The molecule has 0 radical (unpaired) electrons. The average molecular weight is 262 g/mol. The number of rotatable bonds is 6. The first-order chi connectivity index (χ1) is 8.81. The van der Waals surface area contributed by atoms with Crippen molar-refractivity contribution < 1.29 is 0 Å². The summed E-state index contributed by atoms with van der Waals surface area (Å²) in [4.78, 5) is 2.41. The van der Waals surface area contributed by atoms with E-state index in [-0.39, 0.29) is 0 Å². The van der Waals surface area contributed by atoms with Crippen LogP contribution in [0.15, 0.2) is 24.3 Å². The molecule has 2 nitrogen and oxygen atoms in total. The van der Waals surface area contributed by atoms with Gasteiger partial charge in [-0.2, -0.15) is 0 Å². The number of benzene rings is 1. The van der Waals surface area contributed by atoms with Crippen LogP contribution in [0.5, 0.6) is 0 Å². The third-order valence-corrected chi connectivity index (χ3v) is 3.39. The summed E-state index contributed by atoms with van der Waals surface area (Å²) in [6.07, 6.45) is 2.14. The molecule has 1 rings (SSSR count). The van der Waals surface area contributed by atoms with Gasteiger partial charge in [-0.05, 0) is 49.8 Å². The second kappa shape index (κ2) is 6.95. The standard InChI is InChI=1S/C17H30N2/c1-6-19(16-9-7-8-14(2)12-16)11-10-15(18)13-17(3,4)5/h7-9,12,15H,6,10-11,13,18H2,1-5H3. The first-order valence-electron chi connectivity index (χ1n) is 7.39. The van der Waals surface area contributed by atoms with Crippen molar-refractivity contribution in [3.05, 3.63) is 29.8 Å². The van der Waals surface area contributed by atoms with E-state index in [1.54, 1.807) is 0 Å². The van der Waals surface area contributed by atoms with E-state index in [2.05, 4.69) is 63.8 Å². The van der Waals surface area contributed by atoms with Crippen molar-refractivity contribution >= 4 is 5.69 Å². The summed E-state index contributed by atoms with van der Waals surface area (Å²) in [7, 11) is 0. The molecule has 1 unspecified atom stereocenters. The van der Waals surface area contributed by atoms with Crippen molar-refractivity contribution in [2.75, 3.05) is 18.0 Å². The van der Waals surface area contributed by atoms with Crippen molar-refractivity contribution in [2.45, 2.75) is 53.5 Å². The van der Waals surface area contributed by atoms with E-state index in [1.165, 1.54) is 11.3 Å². The fraction of sp³-hybridized carbons (Fsp3) is 0.647. The molecule has 2 heteroatoms. The second-order valence-corrected chi connectivity index (χ2v) is 6.73. The molecule has 1 atom stereocenters. The summed E-state index contributed by atoms with van der Waals surface area (Å²) in [5.74, 6) is 0. The van der Waals surface area contributed by atoms with Crippen molar-refractivity contribution in [1.29, 1.82) is 0 Å². The molecular formula is C17H30N2. The molecule has 19 heavy (non-hydrogen) atoms. The Balaban J connectivity index is 2.54. The minimum absolute atomic E-state index is 0.291. The summed E-state index contributed by atoms with van der Waals surface area (Å²) >= 11 is 0. The largest absolute Gasteiger partial charge is 0.372 e. The number of hydrogen-bond acceptors (Lipinski definition) is 2. The Morgan fingerprint density at radius 2 is 1.95 bits per heavy atom. The van der Waals surface area contributed by atoms with Gasteiger partial charge in [0.05, 0.1) is 0 Å². The molecule has 0 aromatic heterocycles. The van der Waals surface area contributed by atoms with Gasteiger partial charge in [-0.1, -0.05) is 32.9 Å². The van der Waals surface area contributed by atoms with Crippen LogP contribution in [-0.4, -0.2) is 19.1 Å². The Hall–Kier alpha value is -1.02. The van der Waals surface area contributed by atoms with Gasteiger partial charge < -0.3 is 10.6 Å². The summed E-state index contributed by atoms with van der Waals surface area (Å²) in [5.41, 5.74) is 9.19. The maximum atomic E-state index is 6.24. The lowest BCUT2D eigenvalue weighted by molar-refractivity contribution is 0.332. The predicted octanol–water partition coefficient (Wildman–Crippen LogP) is 3.97. The Bertz CT molecular complexity index is 379. The molecule has 0 saturated heterocycles. The van der Waals surface area contributed by atoms with Crippen molar-refractivity contribution in [3.63, 3.8) is 0 Å². The van der Waals surface area contributed by atoms with Crippen LogP contribution >= 0.6 is 0 Å². The zero-order valence-electron chi connectivity index (χ0n) is 13.2. The molecule has 0 aliphatic carbocycles. The van der Waals surface area contributed by atoms with Gasteiger partial charge in [0.1, 0.15) is 0 Å². The number of aryl methyl sites for hydroxylation is 1. The van der Waals surface area contributed by atoms with Crippen LogP contribution in [0.4, 0.5) is 5.69 Å². The highest BCUT2D eigenvalue weighted by Crippen LogP contribution is 2.22. The predicted molar refractivity (Wildman–Crippen MR) is 85.7 cm³/mol. The molecule has 108 valence electrons. The number of nitrogens with zero attached hydrogens (tertiary/aromatic N) is 1. The van der Waals surface area contributed by atoms with E-state index in [4.69, 9.17) is 5.73 Å². The van der Waals surface area contributed by atoms with Gasteiger partial charge in [-0.25, -0.2) is 0 Å². The molecule has 0 aliphatic heterocycles. The van der Waals surface area contributed by atoms with Crippen LogP contribution in [0.3, 0.4) is 0 Å². The van der Waals surface area contributed by atoms with Crippen LogP contribution < -0.4 is 10.6 Å². The van der Waals surface area contributed by atoms with Crippen LogP contribution in [-0.2, 0) is 0 Å². The topological polar surface area (TPSA) is 29.3 Å². The summed E-state index contributed by atoms with van der Waals surface area (Å²) < 4.78 is 0. The Morgan fingerprint density at radius 3 is 2.47 bits per heavy atom.